The van der Waals surface area contributed by atoms with Gasteiger partial charge in [0.1, 0.15) is 0 Å². The number of nitrogens with one attached hydrogen (secondary N) is 1. The number of hydrogen-bond donors (Lipinski definition) is 2. The lowest BCUT2D eigenvalue weighted by Gasteiger charge is -2.39. The molecule has 0 spiro atoms. The summed E-state index contributed by atoms with van der Waals surface area (Å²) in [7, 11) is 2.13. The van der Waals surface area contributed by atoms with E-state index in [1.807, 2.05) is 0 Å². The smallest absolute Gasteiger partial charge is 0.0872 e. The summed E-state index contributed by atoms with van der Waals surface area (Å²) < 4.78 is 11.3. The van der Waals surface area contributed by atoms with E-state index in [1.165, 1.54) is 6.42 Å². The van der Waals surface area contributed by atoms with Gasteiger partial charge in [0.25, 0.3) is 0 Å². The molecule has 0 saturated carbocycles. The zero-order valence-corrected chi connectivity index (χ0v) is 10.0. The molecule has 2 rings (SSSR count). The van der Waals surface area contributed by atoms with Crippen molar-refractivity contribution in [3.63, 3.8) is 0 Å². The Bertz CT molecular complexity index is 209. The van der Waals surface area contributed by atoms with Crippen LogP contribution in [0.2, 0.25) is 0 Å². The van der Waals surface area contributed by atoms with Gasteiger partial charge >= 0.3 is 0 Å². The molecular weight excluding hydrogens is 206 g/mol. The van der Waals surface area contributed by atoms with Crippen molar-refractivity contribution < 1.29 is 9.47 Å². The minimum atomic E-state index is 0.190. The number of nitrogens with zero attached hydrogens (tertiary/aromatic N) is 1. The summed E-state index contributed by atoms with van der Waals surface area (Å²) in [6, 6.07) is 0.211. The minimum Gasteiger partial charge on any atom is -0.381 e. The molecular formula is C11H23N3O2. The number of rotatable bonds is 3. The fraction of sp³-hybridized carbons (Fsp3) is 1.00. The van der Waals surface area contributed by atoms with Crippen LogP contribution in [0.25, 0.3) is 0 Å². The van der Waals surface area contributed by atoms with Crippen molar-refractivity contribution in [1.82, 2.24) is 10.3 Å². The average Bonchev–Trinajstić information content (AvgIpc) is 2.31. The molecule has 0 radical (unpaired) electrons. The van der Waals surface area contributed by atoms with Crippen molar-refractivity contribution in [2.45, 2.75) is 25.0 Å². The van der Waals surface area contributed by atoms with Crippen LogP contribution in [0.3, 0.4) is 0 Å². The largest absolute Gasteiger partial charge is 0.381 e. The topological polar surface area (TPSA) is 59.8 Å². The van der Waals surface area contributed by atoms with Crippen LogP contribution < -0.4 is 11.3 Å². The molecule has 0 aromatic carbocycles. The van der Waals surface area contributed by atoms with Crippen LogP contribution >= 0.6 is 0 Å². The fourth-order valence-electron chi connectivity index (χ4n) is 2.62. The molecule has 5 nitrogen and oxygen atoms in total. The first-order chi connectivity index (χ1) is 7.81. The molecule has 2 aliphatic rings. The molecule has 2 saturated heterocycles. The summed E-state index contributed by atoms with van der Waals surface area (Å²) in [6.07, 6.45) is 2.50. The molecule has 0 amide bonds. The summed E-state index contributed by atoms with van der Waals surface area (Å²) in [6.45, 7) is 4.45. The van der Waals surface area contributed by atoms with Crippen LogP contribution in [0.5, 0.6) is 0 Å². The lowest BCUT2D eigenvalue weighted by molar-refractivity contribution is -0.0665. The molecule has 0 bridgehead atoms. The van der Waals surface area contributed by atoms with E-state index in [0.717, 1.165) is 39.3 Å². The fourth-order valence-corrected chi connectivity index (χ4v) is 2.62. The van der Waals surface area contributed by atoms with Gasteiger partial charge < -0.3 is 14.4 Å². The van der Waals surface area contributed by atoms with E-state index in [-0.39, 0.29) is 12.1 Å². The molecule has 2 fully saturated rings. The number of hydrogen-bond acceptors (Lipinski definition) is 5. The first-order valence-corrected chi connectivity index (χ1v) is 6.15. The molecule has 3 atom stereocenters. The van der Waals surface area contributed by atoms with Gasteiger partial charge in [0.2, 0.25) is 0 Å². The second kappa shape index (κ2) is 5.93. The maximum atomic E-state index is 5.81. The van der Waals surface area contributed by atoms with Crippen molar-refractivity contribution in [3.8, 4) is 0 Å². The van der Waals surface area contributed by atoms with E-state index >= 15 is 0 Å². The van der Waals surface area contributed by atoms with Gasteiger partial charge in [0.15, 0.2) is 0 Å². The third kappa shape index (κ3) is 2.93. The summed E-state index contributed by atoms with van der Waals surface area (Å²) >= 11 is 0. The Morgan fingerprint density at radius 3 is 2.94 bits per heavy atom. The minimum absolute atomic E-state index is 0.190. The van der Waals surface area contributed by atoms with Crippen molar-refractivity contribution in [2.75, 3.05) is 40.0 Å². The van der Waals surface area contributed by atoms with Crippen molar-refractivity contribution >= 4 is 0 Å². The second-order valence-electron chi connectivity index (χ2n) is 4.84. The van der Waals surface area contributed by atoms with Crippen LogP contribution in [0.4, 0.5) is 0 Å². The van der Waals surface area contributed by atoms with Crippen molar-refractivity contribution in [3.05, 3.63) is 0 Å². The number of likely N-dealkylation sites (N-methyl/N-ethyl adjacent to an activating group) is 1. The predicted molar refractivity (Wildman–Crippen MR) is 61.9 cm³/mol. The van der Waals surface area contributed by atoms with Gasteiger partial charge in [-0.15, -0.1) is 0 Å². The highest BCUT2D eigenvalue weighted by atomic mass is 16.5. The molecule has 2 aliphatic heterocycles. The van der Waals surface area contributed by atoms with Gasteiger partial charge in [-0.05, 0) is 19.9 Å². The first-order valence-electron chi connectivity index (χ1n) is 6.15. The van der Waals surface area contributed by atoms with E-state index in [9.17, 15) is 0 Å². The van der Waals surface area contributed by atoms with Gasteiger partial charge in [-0.2, -0.15) is 0 Å². The van der Waals surface area contributed by atoms with E-state index in [0.29, 0.717) is 5.92 Å². The number of morpholine rings is 1. The second-order valence-corrected chi connectivity index (χ2v) is 4.84. The molecule has 0 aromatic rings. The number of ether oxygens (including phenoxy) is 2. The van der Waals surface area contributed by atoms with E-state index in [4.69, 9.17) is 15.3 Å². The normalized spacial score (nSPS) is 34.9. The number of hydrazine groups is 1. The monoisotopic (exact) mass is 229 g/mol. The quantitative estimate of drug-likeness (QED) is 0.508. The van der Waals surface area contributed by atoms with Crippen molar-refractivity contribution in [1.29, 1.82) is 0 Å². The third-order valence-electron chi connectivity index (χ3n) is 3.59. The van der Waals surface area contributed by atoms with E-state index in [2.05, 4.69) is 17.4 Å². The Morgan fingerprint density at radius 2 is 2.31 bits per heavy atom. The Kier molecular flexibility index (Phi) is 4.55. The molecule has 0 aliphatic carbocycles. The summed E-state index contributed by atoms with van der Waals surface area (Å²) in [5.41, 5.74) is 2.93. The molecule has 3 N–H and O–H groups in total. The van der Waals surface area contributed by atoms with Gasteiger partial charge in [-0.1, -0.05) is 0 Å². The molecule has 0 aromatic heterocycles. The van der Waals surface area contributed by atoms with Gasteiger partial charge in [-0.25, -0.2) is 0 Å². The SMILES string of the molecule is CN1CCOC(C(NN)C2CCCOC2)C1. The number of nitrogens with two attached hydrogens (primary N) is 1. The van der Waals surface area contributed by atoms with Crippen LogP contribution in [0.15, 0.2) is 0 Å². The Labute approximate surface area is 97.2 Å². The highest BCUT2D eigenvalue weighted by Gasteiger charge is 2.33. The molecule has 2 heterocycles. The average molecular weight is 229 g/mol. The van der Waals surface area contributed by atoms with Gasteiger partial charge in [0.05, 0.1) is 25.4 Å². The van der Waals surface area contributed by atoms with Crippen molar-refractivity contribution in [2.24, 2.45) is 11.8 Å². The summed E-state index contributed by atoms with van der Waals surface area (Å²) in [5.74, 6) is 6.16. The maximum absolute atomic E-state index is 5.81. The van der Waals surface area contributed by atoms with Crippen LogP contribution in [0, 0.1) is 5.92 Å². The highest BCUT2D eigenvalue weighted by molar-refractivity contribution is 4.87. The van der Waals surface area contributed by atoms with Gasteiger partial charge in [-0.3, -0.25) is 11.3 Å². The zero-order valence-electron chi connectivity index (χ0n) is 10.0. The van der Waals surface area contributed by atoms with Crippen LogP contribution in [-0.4, -0.2) is 57.0 Å². The summed E-state index contributed by atoms with van der Waals surface area (Å²) in [4.78, 5) is 2.29. The zero-order chi connectivity index (χ0) is 11.4. The van der Waals surface area contributed by atoms with Gasteiger partial charge in [0, 0.05) is 25.6 Å². The highest BCUT2D eigenvalue weighted by Crippen LogP contribution is 2.22. The van der Waals surface area contributed by atoms with Crippen LogP contribution in [0.1, 0.15) is 12.8 Å². The van der Waals surface area contributed by atoms with Crippen LogP contribution in [-0.2, 0) is 9.47 Å². The predicted octanol–water partition coefficient (Wildman–Crippen LogP) is -0.424. The molecule has 3 unspecified atom stereocenters. The molecule has 94 valence electrons. The molecule has 16 heavy (non-hydrogen) atoms. The Hall–Kier alpha value is -0.200. The first kappa shape index (κ1) is 12.3. The standard InChI is InChI=1S/C11H23N3O2/c1-14-4-6-16-10(7-14)11(13-12)9-3-2-5-15-8-9/h9-11,13H,2-8,12H2,1H3. The summed E-state index contributed by atoms with van der Waals surface area (Å²) in [5, 5.41) is 0. The van der Waals surface area contributed by atoms with E-state index < -0.39 is 0 Å². The van der Waals surface area contributed by atoms with E-state index in [1.54, 1.807) is 0 Å². The maximum Gasteiger partial charge on any atom is 0.0872 e. The lowest BCUT2D eigenvalue weighted by atomic mass is 9.90. The molecule has 5 heteroatoms. The third-order valence-corrected chi connectivity index (χ3v) is 3.59. The Balaban J connectivity index is 1.91. The Morgan fingerprint density at radius 1 is 1.44 bits per heavy atom. The lowest BCUT2D eigenvalue weighted by Crippen LogP contribution is -2.57.